The fraction of sp³-hybridized carbons (Fsp3) is 0.290. The topological polar surface area (TPSA) is 130 Å². The molecule has 1 aliphatic heterocycles. The van der Waals surface area contributed by atoms with Crippen LogP contribution < -0.4 is 19.5 Å². The van der Waals surface area contributed by atoms with Crippen molar-refractivity contribution in [1.29, 1.82) is 5.26 Å². The molecule has 1 saturated heterocycles. The summed E-state index contributed by atoms with van der Waals surface area (Å²) in [7, 11) is 1.47. The molecule has 2 N–H and O–H groups in total. The third-order valence-corrected chi connectivity index (χ3v) is 7.61. The Morgan fingerprint density at radius 2 is 2.00 bits per heavy atom. The predicted octanol–water partition coefficient (Wildman–Crippen LogP) is 6.00. The van der Waals surface area contributed by atoms with E-state index in [1.807, 2.05) is 19.1 Å². The zero-order valence-corrected chi connectivity index (χ0v) is 24.0. The summed E-state index contributed by atoms with van der Waals surface area (Å²) in [6.07, 6.45) is 4.11. The van der Waals surface area contributed by atoms with Crippen molar-refractivity contribution in [1.82, 2.24) is 14.9 Å². The number of nitrogens with one attached hydrogen (secondary N) is 1. The molecule has 0 spiro atoms. The zero-order chi connectivity index (χ0) is 29.6. The van der Waals surface area contributed by atoms with Gasteiger partial charge in [0, 0.05) is 49.6 Å². The van der Waals surface area contributed by atoms with Crippen molar-refractivity contribution < 1.29 is 24.1 Å². The van der Waals surface area contributed by atoms with E-state index in [0.717, 1.165) is 11.3 Å². The van der Waals surface area contributed by atoms with E-state index in [1.165, 1.54) is 13.3 Å². The number of amides is 1. The Morgan fingerprint density at radius 3 is 2.69 bits per heavy atom. The Bertz CT molecular complexity index is 1650. The van der Waals surface area contributed by atoms with E-state index in [0.29, 0.717) is 76.9 Å². The second kappa shape index (κ2) is 12.9. The van der Waals surface area contributed by atoms with Crippen LogP contribution in [0, 0.1) is 24.2 Å². The van der Waals surface area contributed by atoms with Gasteiger partial charge in [-0.05, 0) is 55.5 Å². The Kier molecular flexibility index (Phi) is 8.91. The van der Waals surface area contributed by atoms with E-state index in [-0.39, 0.29) is 18.3 Å². The third-order valence-electron chi connectivity index (χ3n) is 7.30. The highest BCUT2D eigenvalue weighted by Crippen LogP contribution is 2.39. The van der Waals surface area contributed by atoms with Gasteiger partial charge in [0.05, 0.1) is 40.3 Å². The molecule has 216 valence electrons. The second-order valence-corrected chi connectivity index (χ2v) is 10.4. The largest absolute Gasteiger partial charge is 0.493 e. The second-order valence-electron chi connectivity index (χ2n) is 9.98. The maximum absolute atomic E-state index is 12.9. The van der Waals surface area contributed by atoms with E-state index >= 15 is 0 Å². The van der Waals surface area contributed by atoms with Crippen LogP contribution in [0.1, 0.15) is 29.7 Å². The molecule has 11 heteroatoms. The van der Waals surface area contributed by atoms with E-state index in [1.54, 1.807) is 41.4 Å². The van der Waals surface area contributed by atoms with E-state index in [2.05, 4.69) is 21.4 Å². The number of piperidine rings is 1. The van der Waals surface area contributed by atoms with Gasteiger partial charge in [-0.15, -0.1) is 0 Å². The number of carbonyl (C=O) groups is 1. The van der Waals surface area contributed by atoms with Crippen molar-refractivity contribution in [3.63, 3.8) is 0 Å². The van der Waals surface area contributed by atoms with Crippen molar-refractivity contribution in [2.24, 2.45) is 5.92 Å². The van der Waals surface area contributed by atoms with Crippen LogP contribution in [0.2, 0.25) is 5.02 Å². The molecule has 5 rings (SSSR count). The summed E-state index contributed by atoms with van der Waals surface area (Å²) in [5.74, 6) is 1.29. The molecule has 2 aromatic carbocycles. The quantitative estimate of drug-likeness (QED) is 0.255. The number of aliphatic hydroxyl groups excluding tert-OH is 1. The zero-order valence-electron chi connectivity index (χ0n) is 23.3. The number of aryl methyl sites for hydroxylation is 1. The maximum Gasteiger partial charge on any atom is 0.415 e. The van der Waals surface area contributed by atoms with Crippen LogP contribution in [0.3, 0.4) is 0 Å². The van der Waals surface area contributed by atoms with Gasteiger partial charge in [-0.25, -0.2) is 4.79 Å². The first kappa shape index (κ1) is 28.9. The lowest BCUT2D eigenvalue weighted by molar-refractivity contribution is 0.111. The lowest BCUT2D eigenvalue weighted by Gasteiger charge is -2.30. The minimum absolute atomic E-state index is 0.114. The molecule has 0 unspecified atom stereocenters. The van der Waals surface area contributed by atoms with Crippen molar-refractivity contribution >= 4 is 40.0 Å². The highest BCUT2D eigenvalue weighted by molar-refractivity contribution is 6.33. The molecule has 1 amide bonds. The number of aliphatic hydroxyl groups is 1. The number of likely N-dealkylation sites (tertiary alicyclic amines) is 1. The first-order valence-corrected chi connectivity index (χ1v) is 13.9. The molecule has 0 aliphatic carbocycles. The number of anilines is 2. The molecule has 0 radical (unpaired) electrons. The lowest BCUT2D eigenvalue weighted by atomic mass is 9.98. The SMILES string of the molecule is COc1cc2c(Nc3ccc(OCc4ncccc4C)cc3Cl)c(C#N)cnc2cc1OC(=O)N1CCC(CO)CC1. The number of carbonyl (C=O) groups excluding carboxylic acids is 1. The Labute approximate surface area is 248 Å². The number of aromatic nitrogens is 2. The molecule has 3 heterocycles. The fourth-order valence-corrected chi connectivity index (χ4v) is 4.98. The summed E-state index contributed by atoms with van der Waals surface area (Å²) < 4.78 is 17.1. The molecule has 0 atom stereocenters. The number of benzene rings is 2. The molecule has 10 nitrogen and oxygen atoms in total. The maximum atomic E-state index is 12.9. The summed E-state index contributed by atoms with van der Waals surface area (Å²) >= 11 is 6.61. The van der Waals surface area contributed by atoms with Gasteiger partial charge in [0.2, 0.25) is 0 Å². The van der Waals surface area contributed by atoms with Gasteiger partial charge in [-0.3, -0.25) is 9.97 Å². The molecule has 1 fully saturated rings. The monoisotopic (exact) mass is 587 g/mol. The predicted molar refractivity (Wildman–Crippen MR) is 158 cm³/mol. The fourth-order valence-electron chi connectivity index (χ4n) is 4.76. The molecule has 2 aromatic heterocycles. The molecule has 42 heavy (non-hydrogen) atoms. The summed E-state index contributed by atoms with van der Waals surface area (Å²) in [4.78, 5) is 23.2. The van der Waals surface area contributed by atoms with Gasteiger partial charge in [-0.2, -0.15) is 5.26 Å². The average molecular weight is 588 g/mol. The normalized spacial score (nSPS) is 13.5. The first-order valence-electron chi connectivity index (χ1n) is 13.5. The van der Waals surface area contributed by atoms with Crippen LogP contribution in [0.25, 0.3) is 10.9 Å². The van der Waals surface area contributed by atoms with Crippen molar-refractivity contribution in [3.8, 4) is 23.3 Å². The number of hydrogen-bond donors (Lipinski definition) is 2. The number of halogens is 1. The average Bonchev–Trinajstić information content (AvgIpc) is 3.01. The Balaban J connectivity index is 1.38. The highest BCUT2D eigenvalue weighted by atomic mass is 35.5. The van der Waals surface area contributed by atoms with Gasteiger partial charge in [0.15, 0.2) is 11.5 Å². The van der Waals surface area contributed by atoms with E-state index in [9.17, 15) is 15.2 Å². The molecule has 4 aromatic rings. The summed E-state index contributed by atoms with van der Waals surface area (Å²) in [6, 6.07) is 14.5. The summed E-state index contributed by atoms with van der Waals surface area (Å²) in [5.41, 5.74) is 3.69. The summed E-state index contributed by atoms with van der Waals surface area (Å²) in [6.45, 7) is 3.40. The van der Waals surface area contributed by atoms with Gasteiger partial charge < -0.3 is 29.5 Å². The smallest absolute Gasteiger partial charge is 0.415 e. The minimum atomic E-state index is -0.497. The number of pyridine rings is 2. The number of nitrogens with zero attached hydrogens (tertiary/aromatic N) is 4. The molecular weight excluding hydrogens is 558 g/mol. The number of fused-ring (bicyclic) bond motifs is 1. The van der Waals surface area contributed by atoms with Crippen LogP contribution in [0.4, 0.5) is 16.2 Å². The first-order chi connectivity index (χ1) is 20.4. The van der Waals surface area contributed by atoms with Gasteiger partial charge in [-0.1, -0.05) is 17.7 Å². The van der Waals surface area contributed by atoms with E-state index < -0.39 is 6.09 Å². The number of rotatable bonds is 8. The molecule has 0 bridgehead atoms. The van der Waals surface area contributed by atoms with Crippen molar-refractivity contribution in [2.45, 2.75) is 26.4 Å². The lowest BCUT2D eigenvalue weighted by Crippen LogP contribution is -2.40. The van der Waals surface area contributed by atoms with Gasteiger partial charge in [0.25, 0.3) is 0 Å². The molecule has 0 saturated carbocycles. The van der Waals surface area contributed by atoms with Crippen molar-refractivity contribution in [3.05, 3.63) is 76.7 Å². The number of ether oxygens (including phenoxy) is 3. The number of hydrogen-bond acceptors (Lipinski definition) is 9. The van der Waals surface area contributed by atoms with E-state index in [4.69, 9.17) is 25.8 Å². The van der Waals surface area contributed by atoms with Crippen LogP contribution in [-0.4, -0.2) is 52.9 Å². The minimum Gasteiger partial charge on any atom is -0.493 e. The standard InChI is InChI=1S/C31H30ClN5O5/c1-19-4-3-9-34-27(19)18-41-22-5-6-25(24(32)12-22)36-30-21(15-33)16-35-26-14-29(28(40-2)13-23(26)30)42-31(39)37-10-7-20(17-38)8-11-37/h3-6,9,12-14,16,20,38H,7-8,10-11,17-18H2,1-2H3,(H,35,36). The van der Waals surface area contributed by atoms with Crippen molar-refractivity contribution in [2.75, 3.05) is 32.1 Å². The molecule has 1 aliphatic rings. The third kappa shape index (κ3) is 6.33. The van der Waals surface area contributed by atoms with Gasteiger partial charge in [0.1, 0.15) is 18.4 Å². The van der Waals surface area contributed by atoms with Crippen LogP contribution in [0.5, 0.6) is 17.2 Å². The Hall–Kier alpha value is -4.59. The number of methoxy groups -OCH3 is 1. The highest BCUT2D eigenvalue weighted by Gasteiger charge is 2.25. The molecular formula is C31H30ClN5O5. The van der Waals surface area contributed by atoms with Crippen LogP contribution in [0.15, 0.2) is 54.9 Å². The van der Waals surface area contributed by atoms with Gasteiger partial charge >= 0.3 is 6.09 Å². The van der Waals surface area contributed by atoms with Crippen LogP contribution in [-0.2, 0) is 6.61 Å². The summed E-state index contributed by atoms with van der Waals surface area (Å²) in [5, 5.41) is 23.4. The van der Waals surface area contributed by atoms with Crippen LogP contribution >= 0.6 is 11.6 Å². The Morgan fingerprint density at radius 1 is 1.19 bits per heavy atom. The number of nitriles is 1.